The zero-order valence-electron chi connectivity index (χ0n) is 15.5. The number of esters is 2. The highest BCUT2D eigenvalue weighted by molar-refractivity contribution is 5.99. The summed E-state index contributed by atoms with van der Waals surface area (Å²) < 4.78 is 23.0. The van der Waals surface area contributed by atoms with Crippen LogP contribution in [-0.2, 0) is 23.9 Å². The Labute approximate surface area is 159 Å². The monoisotopic (exact) mass is 395 g/mol. The summed E-state index contributed by atoms with van der Waals surface area (Å²) >= 11 is 0. The topological polar surface area (TPSA) is 137 Å². The van der Waals surface area contributed by atoms with Crippen LogP contribution in [0.5, 0.6) is 0 Å². The molecule has 0 aliphatic rings. The van der Waals surface area contributed by atoms with Gasteiger partial charge in [0, 0.05) is 17.8 Å². The Morgan fingerprint density at radius 2 is 1.68 bits per heavy atom. The van der Waals surface area contributed by atoms with Gasteiger partial charge < -0.3 is 20.1 Å². The van der Waals surface area contributed by atoms with Crippen LogP contribution in [0.3, 0.4) is 0 Å². The number of benzene rings is 1. The summed E-state index contributed by atoms with van der Waals surface area (Å²) in [7, 11) is 2.14. The molecule has 1 rings (SSSR count). The van der Waals surface area contributed by atoms with Crippen LogP contribution in [0.2, 0.25) is 0 Å². The van der Waals surface area contributed by atoms with E-state index in [2.05, 4.69) is 20.1 Å². The van der Waals surface area contributed by atoms with Crippen LogP contribution in [0, 0.1) is 15.9 Å². The highest BCUT2D eigenvalue weighted by Gasteiger charge is 2.21. The number of nitro benzene ring substituents is 1. The number of rotatable bonds is 8. The van der Waals surface area contributed by atoms with Crippen molar-refractivity contribution in [3.63, 3.8) is 0 Å². The molecule has 0 bridgehead atoms. The molecule has 0 amide bonds. The number of ketones is 1. The van der Waals surface area contributed by atoms with Crippen LogP contribution in [-0.4, -0.2) is 36.9 Å². The number of hydrogen-bond donors (Lipinski definition) is 2. The Hall–Kier alpha value is -3.76. The average Bonchev–Trinajstić information content (AvgIpc) is 2.60. The third-order valence-corrected chi connectivity index (χ3v) is 3.17. The van der Waals surface area contributed by atoms with E-state index in [0.717, 1.165) is 32.4 Å². The first-order valence-electron chi connectivity index (χ1n) is 7.67. The number of nitrogens with one attached hydrogen (secondary N) is 2. The minimum atomic E-state index is -1.15. The van der Waals surface area contributed by atoms with Gasteiger partial charge in [0.1, 0.15) is 5.70 Å². The number of nitro groups is 1. The van der Waals surface area contributed by atoms with E-state index in [1.54, 1.807) is 0 Å². The van der Waals surface area contributed by atoms with Gasteiger partial charge in [0.15, 0.2) is 5.78 Å². The normalized spacial score (nSPS) is 11.5. The Balaban J connectivity index is 3.50. The maximum Gasteiger partial charge on any atom is 0.354 e. The van der Waals surface area contributed by atoms with Crippen LogP contribution in [0.25, 0.3) is 0 Å². The number of methoxy groups -OCH3 is 2. The van der Waals surface area contributed by atoms with E-state index in [-0.39, 0.29) is 17.2 Å². The van der Waals surface area contributed by atoms with Crippen molar-refractivity contribution in [2.75, 3.05) is 24.9 Å². The van der Waals surface area contributed by atoms with E-state index in [1.165, 1.54) is 19.9 Å². The fourth-order valence-corrected chi connectivity index (χ4v) is 2.04. The minimum Gasteiger partial charge on any atom is -0.466 e. The van der Waals surface area contributed by atoms with Crippen LogP contribution in [0.4, 0.5) is 21.5 Å². The van der Waals surface area contributed by atoms with E-state index in [4.69, 9.17) is 0 Å². The lowest BCUT2D eigenvalue weighted by Gasteiger charge is -2.15. The molecule has 0 aromatic heterocycles. The highest BCUT2D eigenvalue weighted by atomic mass is 19.1. The van der Waals surface area contributed by atoms with Gasteiger partial charge in [-0.25, -0.2) is 9.59 Å². The van der Waals surface area contributed by atoms with Gasteiger partial charge >= 0.3 is 17.6 Å². The van der Waals surface area contributed by atoms with Gasteiger partial charge in [-0.3, -0.25) is 14.9 Å². The van der Waals surface area contributed by atoms with E-state index in [0.29, 0.717) is 5.70 Å². The first-order valence-corrected chi connectivity index (χ1v) is 7.67. The molecule has 2 N–H and O–H groups in total. The minimum absolute atomic E-state index is 0.0298. The number of carbonyl (C=O) groups excluding carboxylic acids is 3. The van der Waals surface area contributed by atoms with Crippen molar-refractivity contribution in [1.29, 1.82) is 0 Å². The molecule has 28 heavy (non-hydrogen) atoms. The molecule has 0 atom stereocenters. The molecule has 10 nitrogen and oxygen atoms in total. The molecule has 0 unspecified atom stereocenters. The molecule has 0 heterocycles. The van der Waals surface area contributed by atoms with Gasteiger partial charge in [-0.15, -0.1) is 0 Å². The Morgan fingerprint density at radius 3 is 2.18 bits per heavy atom. The lowest BCUT2D eigenvalue weighted by molar-refractivity contribution is -0.387. The van der Waals surface area contributed by atoms with Gasteiger partial charge in [0.2, 0.25) is 5.82 Å². The molecular formula is C17H18FN3O7. The van der Waals surface area contributed by atoms with Crippen molar-refractivity contribution in [2.45, 2.75) is 13.8 Å². The van der Waals surface area contributed by atoms with Crippen LogP contribution in [0.15, 0.2) is 35.7 Å². The maximum atomic E-state index is 14.0. The van der Waals surface area contributed by atoms with E-state index in [9.17, 15) is 28.9 Å². The van der Waals surface area contributed by atoms with Crippen LogP contribution < -0.4 is 10.6 Å². The number of allylic oxidation sites excluding steroid dienone is 2. The third-order valence-electron chi connectivity index (χ3n) is 3.17. The van der Waals surface area contributed by atoms with E-state index in [1.807, 2.05) is 0 Å². The van der Waals surface area contributed by atoms with E-state index < -0.39 is 34.1 Å². The summed E-state index contributed by atoms with van der Waals surface area (Å²) in [4.78, 5) is 44.6. The molecule has 0 aliphatic heterocycles. The Bertz CT molecular complexity index is 878. The lowest BCUT2D eigenvalue weighted by atomic mass is 10.2. The first kappa shape index (κ1) is 22.3. The summed E-state index contributed by atoms with van der Waals surface area (Å²) in [6.07, 6.45) is 1.98. The molecule has 0 spiro atoms. The van der Waals surface area contributed by atoms with Crippen LogP contribution in [0.1, 0.15) is 13.8 Å². The summed E-state index contributed by atoms with van der Waals surface area (Å²) in [6.45, 7) is 2.81. The first-order chi connectivity index (χ1) is 13.1. The number of hydrogen-bond acceptors (Lipinski definition) is 9. The van der Waals surface area contributed by atoms with Crippen molar-refractivity contribution < 1.29 is 33.2 Å². The zero-order chi connectivity index (χ0) is 21.4. The number of halogens is 1. The average molecular weight is 395 g/mol. The molecule has 150 valence electrons. The van der Waals surface area contributed by atoms with Crippen molar-refractivity contribution in [3.8, 4) is 0 Å². The zero-order valence-corrected chi connectivity index (χ0v) is 15.5. The highest BCUT2D eigenvalue weighted by Crippen LogP contribution is 2.32. The number of nitrogens with zero attached hydrogens (tertiary/aromatic N) is 1. The van der Waals surface area contributed by atoms with Crippen molar-refractivity contribution in [2.24, 2.45) is 0 Å². The second-order valence-electron chi connectivity index (χ2n) is 5.37. The van der Waals surface area contributed by atoms with Gasteiger partial charge in [0.05, 0.1) is 36.6 Å². The molecule has 11 heteroatoms. The van der Waals surface area contributed by atoms with Gasteiger partial charge in [-0.2, -0.15) is 4.39 Å². The predicted molar refractivity (Wildman–Crippen MR) is 96.9 cm³/mol. The standard InChI is InChI=1S/C17H18FN3O7/c1-9(5-10(2)22)19-12-6-11(18)15(21(25)26)7-13(12)20-14(17(24)28-4)8-16(23)27-3/h5-8,19-20H,1-4H3/b9-5?,14-8+. The SMILES string of the molecule is COC(=O)/C=C(/Nc1cc([N+](=O)[O-])c(F)cc1NC(C)=CC(C)=O)C(=O)OC. The fraction of sp³-hybridized carbons (Fsp3) is 0.235. The Kier molecular flexibility index (Phi) is 7.80. The predicted octanol–water partition coefficient (Wildman–Crippen LogP) is 2.28. The Morgan fingerprint density at radius 1 is 1.07 bits per heavy atom. The molecule has 0 radical (unpaired) electrons. The van der Waals surface area contributed by atoms with Crippen molar-refractivity contribution in [3.05, 3.63) is 51.6 Å². The lowest BCUT2D eigenvalue weighted by Crippen LogP contribution is -2.16. The fourth-order valence-electron chi connectivity index (χ4n) is 2.04. The number of anilines is 2. The van der Waals surface area contributed by atoms with E-state index >= 15 is 0 Å². The van der Waals surface area contributed by atoms with Gasteiger partial charge in [0.25, 0.3) is 0 Å². The number of ether oxygens (including phenoxy) is 2. The smallest absolute Gasteiger partial charge is 0.354 e. The van der Waals surface area contributed by atoms with Gasteiger partial charge in [-0.1, -0.05) is 0 Å². The second kappa shape index (κ2) is 9.80. The number of carbonyl (C=O) groups is 3. The van der Waals surface area contributed by atoms with Crippen molar-refractivity contribution >= 4 is 34.8 Å². The molecule has 0 aliphatic carbocycles. The summed E-state index contributed by atoms with van der Waals surface area (Å²) in [5.41, 5.74) is -1.13. The molecule has 0 fully saturated rings. The summed E-state index contributed by atoms with van der Waals surface area (Å²) in [5, 5.41) is 16.2. The third kappa shape index (κ3) is 6.20. The molecule has 0 saturated carbocycles. The quantitative estimate of drug-likeness (QED) is 0.294. The maximum absolute atomic E-state index is 14.0. The largest absolute Gasteiger partial charge is 0.466 e. The van der Waals surface area contributed by atoms with Crippen LogP contribution >= 0.6 is 0 Å². The molecule has 1 aromatic rings. The van der Waals surface area contributed by atoms with Gasteiger partial charge in [-0.05, 0) is 19.9 Å². The molecule has 0 saturated heterocycles. The molecule has 1 aromatic carbocycles. The van der Waals surface area contributed by atoms with Crippen molar-refractivity contribution in [1.82, 2.24) is 0 Å². The summed E-state index contributed by atoms with van der Waals surface area (Å²) in [6, 6.07) is 1.64. The summed E-state index contributed by atoms with van der Waals surface area (Å²) in [5.74, 6) is -3.31. The second-order valence-corrected chi connectivity index (χ2v) is 5.37. The molecular weight excluding hydrogens is 377 g/mol.